The maximum atomic E-state index is 5.76. The lowest BCUT2D eigenvalue weighted by atomic mass is 10.2. The number of hydrogen-bond donors (Lipinski definition) is 1. The lowest BCUT2D eigenvalue weighted by Crippen LogP contribution is -2.00. The monoisotopic (exact) mass is 209 g/mol. The summed E-state index contributed by atoms with van der Waals surface area (Å²) in [6.45, 7) is 3.84. The molecule has 1 heterocycles. The van der Waals surface area contributed by atoms with Crippen LogP contribution < -0.4 is 5.73 Å². The summed E-state index contributed by atoms with van der Waals surface area (Å²) in [6, 6.07) is 6.22. The molecule has 3 heteroatoms. The molecule has 1 unspecified atom stereocenters. The standard InChI is InChI=1S/C11H15NOS/c1-8-6-9(2-3-11(8)12)14-10-4-5-13-7-10/h2-3,6,10H,4-5,7,12H2,1H3. The molecule has 2 nitrogen and oxygen atoms in total. The van der Waals surface area contributed by atoms with Gasteiger partial charge in [-0.05, 0) is 37.1 Å². The Bertz CT molecular complexity index is 321. The van der Waals surface area contributed by atoms with E-state index in [1.165, 1.54) is 4.90 Å². The number of hydrogen-bond acceptors (Lipinski definition) is 3. The first-order valence-corrected chi connectivity index (χ1v) is 5.74. The van der Waals surface area contributed by atoms with Crippen molar-refractivity contribution in [2.75, 3.05) is 18.9 Å². The van der Waals surface area contributed by atoms with E-state index in [1.807, 2.05) is 24.8 Å². The first-order valence-electron chi connectivity index (χ1n) is 4.86. The second-order valence-corrected chi connectivity index (χ2v) is 5.00. The van der Waals surface area contributed by atoms with Gasteiger partial charge in [0.15, 0.2) is 0 Å². The Kier molecular flexibility index (Phi) is 2.99. The highest BCUT2D eigenvalue weighted by atomic mass is 32.2. The summed E-state index contributed by atoms with van der Waals surface area (Å²) in [5.41, 5.74) is 7.80. The van der Waals surface area contributed by atoms with Gasteiger partial charge in [0.1, 0.15) is 0 Å². The van der Waals surface area contributed by atoms with E-state index in [-0.39, 0.29) is 0 Å². The summed E-state index contributed by atoms with van der Waals surface area (Å²) in [4.78, 5) is 1.30. The third-order valence-electron chi connectivity index (χ3n) is 2.43. The van der Waals surface area contributed by atoms with Crippen LogP contribution in [0.2, 0.25) is 0 Å². The van der Waals surface area contributed by atoms with E-state index in [4.69, 9.17) is 10.5 Å². The van der Waals surface area contributed by atoms with Gasteiger partial charge in [0.05, 0.1) is 6.61 Å². The zero-order chi connectivity index (χ0) is 9.97. The van der Waals surface area contributed by atoms with Gasteiger partial charge in [0.2, 0.25) is 0 Å². The zero-order valence-electron chi connectivity index (χ0n) is 8.32. The number of ether oxygens (including phenoxy) is 1. The van der Waals surface area contributed by atoms with Gasteiger partial charge in [-0.15, -0.1) is 11.8 Å². The Labute approximate surface area is 88.8 Å². The van der Waals surface area contributed by atoms with Gasteiger partial charge in [0, 0.05) is 22.4 Å². The zero-order valence-corrected chi connectivity index (χ0v) is 9.14. The van der Waals surface area contributed by atoms with Crippen molar-refractivity contribution in [3.63, 3.8) is 0 Å². The van der Waals surface area contributed by atoms with Crippen molar-refractivity contribution in [3.05, 3.63) is 23.8 Å². The van der Waals surface area contributed by atoms with Crippen LogP contribution in [0.1, 0.15) is 12.0 Å². The van der Waals surface area contributed by atoms with Gasteiger partial charge >= 0.3 is 0 Å². The number of nitrogens with two attached hydrogens (primary N) is 1. The van der Waals surface area contributed by atoms with Crippen LogP contribution in [0.5, 0.6) is 0 Å². The van der Waals surface area contributed by atoms with Crippen molar-refractivity contribution in [2.24, 2.45) is 0 Å². The van der Waals surface area contributed by atoms with E-state index >= 15 is 0 Å². The fourth-order valence-electron chi connectivity index (χ4n) is 1.52. The summed E-state index contributed by atoms with van der Waals surface area (Å²) >= 11 is 1.89. The number of thioether (sulfide) groups is 1. The Morgan fingerprint density at radius 2 is 2.36 bits per heavy atom. The maximum Gasteiger partial charge on any atom is 0.0589 e. The summed E-state index contributed by atoms with van der Waals surface area (Å²) in [6.07, 6.45) is 1.16. The van der Waals surface area contributed by atoms with Crippen molar-refractivity contribution in [1.82, 2.24) is 0 Å². The molecule has 0 amide bonds. The highest BCUT2D eigenvalue weighted by molar-refractivity contribution is 8.00. The first kappa shape index (κ1) is 9.87. The molecule has 2 N–H and O–H groups in total. The molecule has 1 fully saturated rings. The van der Waals surface area contributed by atoms with E-state index in [0.717, 1.165) is 30.9 Å². The fourth-order valence-corrected chi connectivity index (χ4v) is 2.67. The molecule has 1 atom stereocenters. The summed E-state index contributed by atoms with van der Waals surface area (Å²) in [5.74, 6) is 0. The first-order chi connectivity index (χ1) is 6.75. The predicted molar refractivity (Wildman–Crippen MR) is 60.7 cm³/mol. The molecule has 1 saturated heterocycles. The number of anilines is 1. The van der Waals surface area contributed by atoms with Gasteiger partial charge in [-0.2, -0.15) is 0 Å². The molecule has 1 aromatic carbocycles. The van der Waals surface area contributed by atoms with Crippen LogP contribution in [0.15, 0.2) is 23.1 Å². The molecule has 0 aromatic heterocycles. The molecule has 2 rings (SSSR count). The normalized spacial score (nSPS) is 21.4. The minimum absolute atomic E-state index is 0.623. The average Bonchev–Trinajstić information content (AvgIpc) is 2.64. The summed E-state index contributed by atoms with van der Waals surface area (Å²) in [7, 11) is 0. The fraction of sp³-hybridized carbons (Fsp3) is 0.455. The van der Waals surface area contributed by atoms with Crippen LogP contribution in [0, 0.1) is 6.92 Å². The molecule has 0 aliphatic carbocycles. The van der Waals surface area contributed by atoms with Crippen LogP contribution in [-0.2, 0) is 4.74 Å². The SMILES string of the molecule is Cc1cc(SC2CCOC2)ccc1N. The second kappa shape index (κ2) is 4.24. The lowest BCUT2D eigenvalue weighted by Gasteiger charge is -2.08. The highest BCUT2D eigenvalue weighted by Gasteiger charge is 2.16. The molecule has 1 aliphatic rings. The van der Waals surface area contributed by atoms with Crippen LogP contribution in [0.4, 0.5) is 5.69 Å². The Balaban J connectivity index is 2.05. The van der Waals surface area contributed by atoms with Crippen molar-refractivity contribution in [1.29, 1.82) is 0 Å². The van der Waals surface area contributed by atoms with Crippen molar-refractivity contribution < 1.29 is 4.74 Å². The Hall–Kier alpha value is -0.670. The van der Waals surface area contributed by atoms with E-state index in [2.05, 4.69) is 12.1 Å². The number of nitrogen functional groups attached to an aromatic ring is 1. The van der Waals surface area contributed by atoms with E-state index in [9.17, 15) is 0 Å². The Morgan fingerprint density at radius 3 is 3.00 bits per heavy atom. The van der Waals surface area contributed by atoms with Crippen molar-refractivity contribution >= 4 is 17.4 Å². The van der Waals surface area contributed by atoms with E-state index < -0.39 is 0 Å². The molecule has 14 heavy (non-hydrogen) atoms. The molecule has 0 bridgehead atoms. The van der Waals surface area contributed by atoms with Gasteiger partial charge in [-0.3, -0.25) is 0 Å². The van der Waals surface area contributed by atoms with Gasteiger partial charge < -0.3 is 10.5 Å². The topological polar surface area (TPSA) is 35.2 Å². The smallest absolute Gasteiger partial charge is 0.0589 e. The lowest BCUT2D eigenvalue weighted by molar-refractivity contribution is 0.199. The van der Waals surface area contributed by atoms with E-state index in [1.54, 1.807) is 0 Å². The van der Waals surface area contributed by atoms with Gasteiger partial charge in [-0.25, -0.2) is 0 Å². The summed E-state index contributed by atoms with van der Waals surface area (Å²) < 4.78 is 5.34. The molecule has 0 saturated carbocycles. The average molecular weight is 209 g/mol. The summed E-state index contributed by atoms with van der Waals surface area (Å²) in [5, 5.41) is 0.623. The highest BCUT2D eigenvalue weighted by Crippen LogP contribution is 2.30. The molecule has 1 aliphatic heterocycles. The predicted octanol–water partition coefficient (Wildman–Crippen LogP) is 2.46. The molecule has 1 aromatic rings. The largest absolute Gasteiger partial charge is 0.399 e. The molecule has 0 spiro atoms. The third-order valence-corrected chi connectivity index (χ3v) is 3.66. The maximum absolute atomic E-state index is 5.76. The van der Waals surface area contributed by atoms with Gasteiger partial charge in [-0.1, -0.05) is 0 Å². The molecule has 0 radical (unpaired) electrons. The molecule has 76 valence electrons. The van der Waals surface area contributed by atoms with E-state index in [0.29, 0.717) is 5.25 Å². The van der Waals surface area contributed by atoms with Crippen LogP contribution >= 0.6 is 11.8 Å². The van der Waals surface area contributed by atoms with Crippen LogP contribution in [0.3, 0.4) is 0 Å². The third kappa shape index (κ3) is 2.22. The second-order valence-electron chi connectivity index (χ2n) is 3.62. The minimum Gasteiger partial charge on any atom is -0.399 e. The van der Waals surface area contributed by atoms with Crippen molar-refractivity contribution in [2.45, 2.75) is 23.5 Å². The molecular weight excluding hydrogens is 194 g/mol. The number of aryl methyl sites for hydroxylation is 1. The van der Waals surface area contributed by atoms with Gasteiger partial charge in [0.25, 0.3) is 0 Å². The quantitative estimate of drug-likeness (QED) is 0.760. The Morgan fingerprint density at radius 1 is 1.50 bits per heavy atom. The van der Waals surface area contributed by atoms with Crippen molar-refractivity contribution in [3.8, 4) is 0 Å². The van der Waals surface area contributed by atoms with Crippen LogP contribution in [-0.4, -0.2) is 18.5 Å². The number of benzene rings is 1. The molecular formula is C11H15NOS. The van der Waals surface area contributed by atoms with Crippen LogP contribution in [0.25, 0.3) is 0 Å². The number of rotatable bonds is 2. The minimum atomic E-state index is 0.623.